The van der Waals surface area contributed by atoms with Crippen LogP contribution in [0.15, 0.2) is 22.7 Å². The first-order valence-electron chi connectivity index (χ1n) is 6.67. The Balaban J connectivity index is 2.08. The van der Waals surface area contributed by atoms with E-state index in [0.717, 1.165) is 35.2 Å². The summed E-state index contributed by atoms with van der Waals surface area (Å²) in [5.74, 6) is -0.517. The molecule has 2 rings (SSSR count). The summed E-state index contributed by atoms with van der Waals surface area (Å²) in [5, 5.41) is 5.64. The summed E-state index contributed by atoms with van der Waals surface area (Å²) in [7, 11) is 0. The van der Waals surface area contributed by atoms with Crippen LogP contribution < -0.4 is 15.5 Å². The molecule has 108 valence electrons. The predicted molar refractivity (Wildman–Crippen MR) is 81.5 cm³/mol. The highest BCUT2D eigenvalue weighted by Crippen LogP contribution is 2.24. The third-order valence-electron chi connectivity index (χ3n) is 3.09. The van der Waals surface area contributed by atoms with Crippen LogP contribution in [0.3, 0.4) is 0 Å². The van der Waals surface area contributed by atoms with Gasteiger partial charge in [-0.15, -0.1) is 0 Å². The molecule has 1 aromatic rings. The summed E-state index contributed by atoms with van der Waals surface area (Å²) in [4.78, 5) is 24.5. The Kier molecular flexibility index (Phi) is 5.14. The van der Waals surface area contributed by atoms with Crippen LogP contribution in [0.5, 0.6) is 0 Å². The van der Waals surface area contributed by atoms with Crippen molar-refractivity contribution in [1.29, 1.82) is 0 Å². The fourth-order valence-electron chi connectivity index (χ4n) is 2.10. The number of carbonyl (C=O) groups is 2. The monoisotopic (exact) mass is 339 g/mol. The maximum atomic E-state index is 11.4. The van der Waals surface area contributed by atoms with Crippen molar-refractivity contribution in [3.8, 4) is 0 Å². The van der Waals surface area contributed by atoms with Gasteiger partial charge in [-0.1, -0.05) is 28.9 Å². The molecule has 1 aromatic carbocycles. The summed E-state index contributed by atoms with van der Waals surface area (Å²) < 4.78 is 0.983. The zero-order valence-corrected chi connectivity index (χ0v) is 13.0. The zero-order valence-electron chi connectivity index (χ0n) is 11.4. The highest BCUT2D eigenvalue weighted by molar-refractivity contribution is 9.10. The van der Waals surface area contributed by atoms with Crippen molar-refractivity contribution in [2.24, 2.45) is 0 Å². The van der Waals surface area contributed by atoms with Gasteiger partial charge < -0.3 is 10.2 Å². The Labute approximate surface area is 126 Å². The number of rotatable bonds is 5. The normalized spacial score (nSPS) is 15.4. The lowest BCUT2D eigenvalue weighted by Gasteiger charge is -2.27. The van der Waals surface area contributed by atoms with Gasteiger partial charge in [-0.3, -0.25) is 14.9 Å². The lowest BCUT2D eigenvalue weighted by Crippen LogP contribution is -2.51. The number of anilines is 1. The molecule has 2 N–H and O–H groups in total. The fourth-order valence-corrected chi connectivity index (χ4v) is 2.60. The standard InChI is InChI=1S/C14H18BrN3O2/c1-2-5-16-7-10-3-4-11(6-12(10)15)18-8-13(19)17-14(20)9-18/h3-4,6,16H,2,5,7-9H2,1H3,(H,17,19,20). The number of nitrogens with zero attached hydrogens (tertiary/aromatic N) is 1. The molecule has 5 nitrogen and oxygen atoms in total. The highest BCUT2D eigenvalue weighted by Gasteiger charge is 2.22. The van der Waals surface area contributed by atoms with Crippen molar-refractivity contribution < 1.29 is 9.59 Å². The number of hydrogen-bond donors (Lipinski definition) is 2. The minimum Gasteiger partial charge on any atom is -0.353 e. The molecule has 0 bridgehead atoms. The van der Waals surface area contributed by atoms with E-state index < -0.39 is 0 Å². The molecule has 1 aliphatic heterocycles. The van der Waals surface area contributed by atoms with E-state index in [0.29, 0.717) is 0 Å². The molecule has 0 atom stereocenters. The smallest absolute Gasteiger partial charge is 0.246 e. The zero-order chi connectivity index (χ0) is 14.5. The summed E-state index contributed by atoms with van der Waals surface area (Å²) in [6, 6.07) is 5.91. The van der Waals surface area contributed by atoms with Crippen molar-refractivity contribution in [3.63, 3.8) is 0 Å². The molecule has 6 heteroatoms. The van der Waals surface area contributed by atoms with E-state index in [1.54, 1.807) is 4.90 Å². The number of piperazine rings is 1. The van der Waals surface area contributed by atoms with Crippen LogP contribution in [-0.2, 0) is 16.1 Å². The quantitative estimate of drug-likeness (QED) is 0.629. The van der Waals surface area contributed by atoms with Crippen molar-refractivity contribution in [1.82, 2.24) is 10.6 Å². The van der Waals surface area contributed by atoms with E-state index >= 15 is 0 Å². The van der Waals surface area contributed by atoms with E-state index in [1.807, 2.05) is 18.2 Å². The van der Waals surface area contributed by atoms with Crippen LogP contribution in [0.2, 0.25) is 0 Å². The number of imide groups is 1. The Hall–Kier alpha value is -1.40. The Morgan fingerprint density at radius 2 is 2.00 bits per heavy atom. The van der Waals surface area contributed by atoms with E-state index in [2.05, 4.69) is 33.5 Å². The molecule has 1 heterocycles. The highest BCUT2D eigenvalue weighted by atomic mass is 79.9. The third kappa shape index (κ3) is 3.80. The number of halogens is 1. The van der Waals surface area contributed by atoms with Crippen LogP contribution in [0.4, 0.5) is 5.69 Å². The van der Waals surface area contributed by atoms with Crippen molar-refractivity contribution in [2.45, 2.75) is 19.9 Å². The van der Waals surface area contributed by atoms with Gasteiger partial charge in [0.05, 0.1) is 13.1 Å². The maximum absolute atomic E-state index is 11.4. The van der Waals surface area contributed by atoms with Gasteiger partial charge in [-0.2, -0.15) is 0 Å². The van der Waals surface area contributed by atoms with E-state index in [1.165, 1.54) is 0 Å². The summed E-state index contributed by atoms with van der Waals surface area (Å²) in [6.45, 7) is 4.34. The average Bonchev–Trinajstić information content (AvgIpc) is 2.39. The van der Waals surface area contributed by atoms with Crippen LogP contribution >= 0.6 is 15.9 Å². The minimum atomic E-state index is -0.258. The maximum Gasteiger partial charge on any atom is 0.246 e. The Morgan fingerprint density at radius 1 is 1.30 bits per heavy atom. The SMILES string of the molecule is CCCNCc1ccc(N2CC(=O)NC(=O)C2)cc1Br. The van der Waals surface area contributed by atoms with Crippen LogP contribution in [0, 0.1) is 0 Å². The van der Waals surface area contributed by atoms with Gasteiger partial charge in [0.1, 0.15) is 0 Å². The lowest BCUT2D eigenvalue weighted by atomic mass is 10.1. The molecule has 0 aliphatic carbocycles. The molecule has 20 heavy (non-hydrogen) atoms. The van der Waals surface area contributed by atoms with E-state index in [-0.39, 0.29) is 24.9 Å². The molecule has 0 spiro atoms. The summed E-state index contributed by atoms with van der Waals surface area (Å²) in [6.07, 6.45) is 1.10. The molecular weight excluding hydrogens is 322 g/mol. The molecule has 0 unspecified atom stereocenters. The second-order valence-corrected chi connectivity index (χ2v) is 5.63. The van der Waals surface area contributed by atoms with Gasteiger partial charge >= 0.3 is 0 Å². The number of nitrogens with one attached hydrogen (secondary N) is 2. The molecular formula is C14H18BrN3O2. The Morgan fingerprint density at radius 3 is 2.60 bits per heavy atom. The number of amides is 2. The van der Waals surface area contributed by atoms with E-state index in [4.69, 9.17) is 0 Å². The number of carbonyl (C=O) groups excluding carboxylic acids is 2. The predicted octanol–water partition coefficient (Wildman–Crippen LogP) is 1.41. The molecule has 1 aliphatic rings. The first kappa shape index (κ1) is 15.0. The van der Waals surface area contributed by atoms with Gasteiger partial charge in [-0.25, -0.2) is 0 Å². The van der Waals surface area contributed by atoms with Crippen LogP contribution in [-0.4, -0.2) is 31.4 Å². The minimum absolute atomic E-state index is 0.214. The lowest BCUT2D eigenvalue weighted by molar-refractivity contribution is -0.130. The van der Waals surface area contributed by atoms with Crippen molar-refractivity contribution in [3.05, 3.63) is 28.2 Å². The topological polar surface area (TPSA) is 61.4 Å². The molecule has 2 amide bonds. The second kappa shape index (κ2) is 6.85. The summed E-state index contributed by atoms with van der Waals surface area (Å²) in [5.41, 5.74) is 2.04. The number of hydrogen-bond acceptors (Lipinski definition) is 4. The largest absolute Gasteiger partial charge is 0.353 e. The first-order chi connectivity index (χ1) is 9.60. The average molecular weight is 340 g/mol. The van der Waals surface area contributed by atoms with Gasteiger partial charge in [0.2, 0.25) is 11.8 Å². The molecule has 0 aromatic heterocycles. The van der Waals surface area contributed by atoms with Gasteiger partial charge in [0.15, 0.2) is 0 Å². The fraction of sp³-hybridized carbons (Fsp3) is 0.429. The second-order valence-electron chi connectivity index (χ2n) is 4.78. The molecule has 1 saturated heterocycles. The molecule has 0 radical (unpaired) electrons. The van der Waals surface area contributed by atoms with Crippen LogP contribution in [0.1, 0.15) is 18.9 Å². The van der Waals surface area contributed by atoms with Gasteiger partial charge in [0.25, 0.3) is 0 Å². The summed E-state index contributed by atoms with van der Waals surface area (Å²) >= 11 is 3.54. The van der Waals surface area contributed by atoms with Gasteiger partial charge in [-0.05, 0) is 30.7 Å². The number of benzene rings is 1. The molecule has 1 fully saturated rings. The van der Waals surface area contributed by atoms with Gasteiger partial charge in [0, 0.05) is 16.7 Å². The van der Waals surface area contributed by atoms with Crippen LogP contribution in [0.25, 0.3) is 0 Å². The van der Waals surface area contributed by atoms with E-state index in [9.17, 15) is 9.59 Å². The van der Waals surface area contributed by atoms with Crippen molar-refractivity contribution in [2.75, 3.05) is 24.5 Å². The molecule has 0 saturated carbocycles. The third-order valence-corrected chi connectivity index (χ3v) is 3.83. The first-order valence-corrected chi connectivity index (χ1v) is 7.46. The Bertz CT molecular complexity index is 503. The van der Waals surface area contributed by atoms with Crippen molar-refractivity contribution >= 4 is 33.4 Å².